The second kappa shape index (κ2) is 8.25. The van der Waals surface area contributed by atoms with Crippen molar-refractivity contribution in [1.82, 2.24) is 14.9 Å². The molecule has 1 atom stereocenters. The first kappa shape index (κ1) is 20.6. The third-order valence-corrected chi connectivity index (χ3v) is 6.01. The summed E-state index contributed by atoms with van der Waals surface area (Å²) in [5, 5.41) is 14.5. The highest BCUT2D eigenvalue weighted by atomic mass is 79.9. The van der Waals surface area contributed by atoms with Crippen molar-refractivity contribution in [2.45, 2.75) is 12.5 Å². The van der Waals surface area contributed by atoms with E-state index in [4.69, 9.17) is 21.7 Å². The van der Waals surface area contributed by atoms with Gasteiger partial charge in [-0.25, -0.2) is 0 Å². The minimum Gasteiger partial charge on any atom is -0.494 e. The number of rotatable bonds is 4. The number of fused-ring (bicyclic) bond motifs is 1. The summed E-state index contributed by atoms with van der Waals surface area (Å²) in [4.78, 5) is 15.6. The Balaban J connectivity index is 1.93. The van der Waals surface area contributed by atoms with Gasteiger partial charge in [0.1, 0.15) is 0 Å². The van der Waals surface area contributed by atoms with Crippen molar-refractivity contribution < 1.29 is 14.6 Å². The van der Waals surface area contributed by atoms with Crippen LogP contribution in [0.4, 0.5) is 0 Å². The van der Waals surface area contributed by atoms with Crippen molar-refractivity contribution in [2.75, 3.05) is 20.8 Å². The summed E-state index contributed by atoms with van der Waals surface area (Å²) < 4.78 is 13.3. The van der Waals surface area contributed by atoms with E-state index in [0.717, 1.165) is 22.0 Å². The molecule has 2 heterocycles. The Morgan fingerprint density at radius 3 is 2.50 bits per heavy atom. The van der Waals surface area contributed by atoms with Crippen LogP contribution < -0.4 is 20.3 Å². The third kappa shape index (κ3) is 3.53. The molecule has 1 aliphatic rings. The number of aromatic amines is 1. The molecule has 1 unspecified atom stereocenters. The van der Waals surface area contributed by atoms with Crippen molar-refractivity contribution in [3.8, 4) is 23.1 Å². The number of halogens is 1. The number of aromatic nitrogens is 2. The van der Waals surface area contributed by atoms with Gasteiger partial charge in [0.2, 0.25) is 5.88 Å². The molecule has 9 heteroatoms. The van der Waals surface area contributed by atoms with Crippen LogP contribution in [0.3, 0.4) is 0 Å². The fourth-order valence-electron chi connectivity index (χ4n) is 3.77. The Hall–Kier alpha value is -2.62. The maximum Gasteiger partial charge on any atom is 0.260 e. The summed E-state index contributed by atoms with van der Waals surface area (Å²) >= 11 is 8.73. The zero-order valence-electron chi connectivity index (χ0n) is 16.4. The van der Waals surface area contributed by atoms with Crippen LogP contribution in [0, 0.1) is 4.77 Å². The maximum atomic E-state index is 12.9. The predicted molar refractivity (Wildman–Crippen MR) is 120 cm³/mol. The third-order valence-electron chi connectivity index (χ3n) is 5.19. The van der Waals surface area contributed by atoms with Gasteiger partial charge in [-0.15, -0.1) is 0 Å². The summed E-state index contributed by atoms with van der Waals surface area (Å²) in [7, 11) is 3.15. The molecule has 2 aromatic carbocycles. The molecule has 7 nitrogen and oxygen atoms in total. The molecular weight excluding hydrogens is 470 g/mol. The molecule has 0 fully saturated rings. The van der Waals surface area contributed by atoms with Crippen molar-refractivity contribution >= 4 is 28.1 Å². The van der Waals surface area contributed by atoms with E-state index in [1.807, 2.05) is 24.3 Å². The molecule has 0 aliphatic carbocycles. The van der Waals surface area contributed by atoms with Crippen LogP contribution in [0.2, 0.25) is 0 Å². The monoisotopic (exact) mass is 489 g/mol. The van der Waals surface area contributed by atoms with Crippen molar-refractivity contribution in [1.29, 1.82) is 0 Å². The Bertz CT molecular complexity index is 1220. The van der Waals surface area contributed by atoms with Gasteiger partial charge in [0.15, 0.2) is 16.3 Å². The lowest BCUT2D eigenvalue weighted by atomic mass is 9.90. The van der Waals surface area contributed by atoms with Gasteiger partial charge < -0.3 is 19.9 Å². The quantitative estimate of drug-likeness (QED) is 0.485. The zero-order valence-corrected chi connectivity index (χ0v) is 18.8. The number of nitrogens with one attached hydrogen (secondary N) is 2. The van der Waals surface area contributed by atoms with E-state index in [-0.39, 0.29) is 16.2 Å². The molecule has 4 rings (SSSR count). The number of aromatic hydroxyl groups is 1. The fraction of sp³-hybridized carbons (Fsp3) is 0.238. The predicted octanol–water partition coefficient (Wildman–Crippen LogP) is 3.62. The van der Waals surface area contributed by atoms with Gasteiger partial charge in [-0.1, -0.05) is 15.9 Å². The summed E-state index contributed by atoms with van der Waals surface area (Å²) in [6, 6.07) is 10.5. The highest BCUT2D eigenvalue weighted by Gasteiger charge is 2.29. The van der Waals surface area contributed by atoms with Crippen LogP contribution in [-0.2, 0) is 6.42 Å². The Morgan fingerprint density at radius 1 is 1.17 bits per heavy atom. The van der Waals surface area contributed by atoms with Gasteiger partial charge in [-0.2, -0.15) is 0 Å². The Morgan fingerprint density at radius 2 is 1.83 bits per heavy atom. The normalized spacial score (nSPS) is 15.5. The zero-order chi connectivity index (χ0) is 21.4. The average molecular weight is 490 g/mol. The molecular formula is C21H20BrN3O4S. The van der Waals surface area contributed by atoms with E-state index in [2.05, 4.69) is 26.2 Å². The van der Waals surface area contributed by atoms with E-state index >= 15 is 0 Å². The van der Waals surface area contributed by atoms with Crippen molar-refractivity contribution in [2.24, 2.45) is 0 Å². The lowest BCUT2D eigenvalue weighted by Gasteiger charge is -2.29. The van der Waals surface area contributed by atoms with E-state index in [9.17, 15) is 9.90 Å². The van der Waals surface area contributed by atoms with Gasteiger partial charge >= 0.3 is 0 Å². The van der Waals surface area contributed by atoms with Crippen LogP contribution in [-0.4, -0.2) is 35.4 Å². The van der Waals surface area contributed by atoms with Gasteiger partial charge in [0.05, 0.1) is 31.5 Å². The standard InChI is InChI=1S/C21H20BrN3O4S/c1-28-15-9-11-7-8-23-18(14(11)10-16(15)29-2)17-19(26)24-21(30)25(20(17)27)13-5-3-12(22)4-6-13/h3-6,9-10,18,23,27H,7-8H2,1-2H3,(H,24,26,30). The first-order valence-corrected chi connectivity index (χ1v) is 10.5. The van der Waals surface area contributed by atoms with Crippen LogP contribution in [0.5, 0.6) is 17.4 Å². The molecule has 156 valence electrons. The molecule has 0 bridgehead atoms. The second-order valence-corrected chi connectivity index (χ2v) is 8.15. The molecule has 1 aromatic heterocycles. The SMILES string of the molecule is COc1cc2c(cc1OC)C(c1c(O)n(-c3ccc(Br)cc3)c(=S)[nH]c1=O)NCC2. The maximum absolute atomic E-state index is 12.9. The summed E-state index contributed by atoms with van der Waals surface area (Å²) in [6.07, 6.45) is 0.761. The summed E-state index contributed by atoms with van der Waals surface area (Å²) in [6.45, 7) is 0.639. The van der Waals surface area contributed by atoms with Crippen LogP contribution in [0.15, 0.2) is 45.7 Å². The first-order valence-electron chi connectivity index (χ1n) is 9.27. The van der Waals surface area contributed by atoms with Crippen molar-refractivity contribution in [3.05, 3.63) is 72.7 Å². The topological polar surface area (TPSA) is 88.5 Å². The highest BCUT2D eigenvalue weighted by Crippen LogP contribution is 2.38. The minimum absolute atomic E-state index is 0.118. The van der Waals surface area contributed by atoms with Crippen LogP contribution in [0.1, 0.15) is 22.7 Å². The molecule has 1 aliphatic heterocycles. The molecule has 3 aromatic rings. The first-order chi connectivity index (χ1) is 14.4. The molecule has 0 radical (unpaired) electrons. The van der Waals surface area contributed by atoms with Gasteiger partial charge in [0, 0.05) is 11.0 Å². The van der Waals surface area contributed by atoms with E-state index < -0.39 is 11.6 Å². The van der Waals surface area contributed by atoms with E-state index in [1.165, 1.54) is 4.57 Å². The average Bonchev–Trinajstić information content (AvgIpc) is 2.73. The smallest absolute Gasteiger partial charge is 0.260 e. The molecule has 0 spiro atoms. The lowest BCUT2D eigenvalue weighted by Crippen LogP contribution is -2.35. The number of nitrogens with zero attached hydrogens (tertiary/aromatic N) is 1. The molecule has 0 saturated carbocycles. The highest BCUT2D eigenvalue weighted by molar-refractivity contribution is 9.10. The lowest BCUT2D eigenvalue weighted by molar-refractivity contribution is 0.352. The number of hydrogen-bond acceptors (Lipinski definition) is 6. The summed E-state index contributed by atoms with van der Waals surface area (Å²) in [5.41, 5.74) is 2.26. The summed E-state index contributed by atoms with van der Waals surface area (Å²) in [5.74, 6) is 0.980. The van der Waals surface area contributed by atoms with Gasteiger partial charge in [0.25, 0.3) is 5.56 Å². The molecule has 30 heavy (non-hydrogen) atoms. The largest absolute Gasteiger partial charge is 0.494 e. The Labute approximate surface area is 186 Å². The molecule has 0 amide bonds. The van der Waals surface area contributed by atoms with Gasteiger partial charge in [-0.3, -0.25) is 14.3 Å². The van der Waals surface area contributed by atoms with E-state index in [0.29, 0.717) is 23.7 Å². The fourth-order valence-corrected chi connectivity index (χ4v) is 4.32. The van der Waals surface area contributed by atoms with Crippen molar-refractivity contribution in [3.63, 3.8) is 0 Å². The Kier molecular flexibility index (Phi) is 5.68. The number of H-pyrrole nitrogens is 1. The molecule has 3 N–H and O–H groups in total. The van der Waals surface area contributed by atoms with Crippen LogP contribution in [0.25, 0.3) is 5.69 Å². The van der Waals surface area contributed by atoms with Gasteiger partial charge in [-0.05, 0) is 66.2 Å². The number of benzene rings is 2. The van der Waals surface area contributed by atoms with E-state index in [1.54, 1.807) is 26.4 Å². The number of hydrogen-bond donors (Lipinski definition) is 3. The number of ether oxygens (including phenoxy) is 2. The minimum atomic E-state index is -0.533. The number of methoxy groups -OCH3 is 2. The van der Waals surface area contributed by atoms with Crippen LogP contribution >= 0.6 is 28.1 Å². The second-order valence-electron chi connectivity index (χ2n) is 6.85. The molecule has 0 saturated heterocycles.